The summed E-state index contributed by atoms with van der Waals surface area (Å²) >= 11 is 1.49. The quantitative estimate of drug-likeness (QED) is 0.375. The third-order valence-electron chi connectivity index (χ3n) is 6.46. The summed E-state index contributed by atoms with van der Waals surface area (Å²) < 4.78 is 7.30. The van der Waals surface area contributed by atoms with Gasteiger partial charge in [0.1, 0.15) is 18.1 Å². The van der Waals surface area contributed by atoms with E-state index in [1.165, 1.54) is 11.3 Å². The zero-order valence-electron chi connectivity index (χ0n) is 20.2. The van der Waals surface area contributed by atoms with Crippen LogP contribution in [0.1, 0.15) is 34.9 Å². The summed E-state index contributed by atoms with van der Waals surface area (Å²) in [7, 11) is 0. The van der Waals surface area contributed by atoms with Gasteiger partial charge in [0.2, 0.25) is 11.8 Å². The van der Waals surface area contributed by atoms with E-state index in [4.69, 9.17) is 4.74 Å². The number of rotatable bonds is 9. The molecule has 2 aromatic heterocycles. The number of carbonyl (C=O) groups excluding carboxylic acids is 2. The van der Waals surface area contributed by atoms with Gasteiger partial charge in [-0.2, -0.15) is 0 Å². The van der Waals surface area contributed by atoms with Gasteiger partial charge in [-0.15, -0.1) is 16.4 Å². The Balaban J connectivity index is 1.47. The SMILES string of the molecule is Cc1ccsc1[C@H](C(=O)NC[C@H]1CCCO1)N(Cc1ccccc1)C(=O)Cn1nnc2ccccc21. The topological polar surface area (TPSA) is 89.4 Å². The van der Waals surface area contributed by atoms with Gasteiger partial charge in [-0.3, -0.25) is 9.59 Å². The summed E-state index contributed by atoms with van der Waals surface area (Å²) in [6, 6.07) is 18.5. The van der Waals surface area contributed by atoms with Gasteiger partial charge >= 0.3 is 0 Å². The summed E-state index contributed by atoms with van der Waals surface area (Å²) in [5, 5.41) is 13.4. The van der Waals surface area contributed by atoms with Crippen LogP contribution < -0.4 is 5.32 Å². The Morgan fingerprint density at radius 3 is 2.72 bits per heavy atom. The van der Waals surface area contributed by atoms with E-state index in [0.717, 1.165) is 46.5 Å². The number of benzene rings is 2. The number of aryl methyl sites for hydroxylation is 1. The van der Waals surface area contributed by atoms with Crippen molar-refractivity contribution in [3.05, 3.63) is 82.0 Å². The van der Waals surface area contributed by atoms with Gasteiger partial charge in [-0.1, -0.05) is 47.7 Å². The van der Waals surface area contributed by atoms with E-state index in [1.807, 2.05) is 73.0 Å². The number of para-hydroxylation sites is 1. The lowest BCUT2D eigenvalue weighted by Gasteiger charge is -2.31. The molecule has 0 bridgehead atoms. The van der Waals surface area contributed by atoms with Crippen LogP contribution in [0.25, 0.3) is 11.0 Å². The predicted molar refractivity (Wildman–Crippen MR) is 138 cm³/mol. The molecule has 1 N–H and O–H groups in total. The van der Waals surface area contributed by atoms with Gasteiger partial charge < -0.3 is 15.0 Å². The molecular weight excluding hydrogens is 474 g/mol. The largest absolute Gasteiger partial charge is 0.376 e. The number of fused-ring (bicyclic) bond motifs is 1. The highest BCUT2D eigenvalue weighted by Crippen LogP contribution is 2.31. The number of hydrogen-bond acceptors (Lipinski definition) is 6. The normalized spacial score (nSPS) is 16.2. The Morgan fingerprint density at radius 2 is 1.97 bits per heavy atom. The lowest BCUT2D eigenvalue weighted by Crippen LogP contribution is -2.46. The van der Waals surface area contributed by atoms with Crippen molar-refractivity contribution in [3.8, 4) is 0 Å². The summed E-state index contributed by atoms with van der Waals surface area (Å²) in [6.45, 7) is 3.40. The van der Waals surface area contributed by atoms with Crippen molar-refractivity contribution < 1.29 is 14.3 Å². The van der Waals surface area contributed by atoms with E-state index in [9.17, 15) is 9.59 Å². The monoisotopic (exact) mass is 503 g/mol. The van der Waals surface area contributed by atoms with Crippen LogP contribution in [-0.2, 0) is 27.4 Å². The lowest BCUT2D eigenvalue weighted by molar-refractivity contribution is -0.142. The highest BCUT2D eigenvalue weighted by molar-refractivity contribution is 7.10. The molecule has 4 aromatic rings. The first kappa shape index (κ1) is 24.1. The van der Waals surface area contributed by atoms with E-state index in [2.05, 4.69) is 15.6 Å². The van der Waals surface area contributed by atoms with Crippen LogP contribution in [0.15, 0.2) is 66.0 Å². The molecule has 0 aliphatic carbocycles. The molecule has 1 fully saturated rings. The minimum atomic E-state index is -0.770. The van der Waals surface area contributed by atoms with Crippen LogP contribution in [0.2, 0.25) is 0 Å². The van der Waals surface area contributed by atoms with Crippen LogP contribution in [-0.4, -0.2) is 51.0 Å². The van der Waals surface area contributed by atoms with Gasteiger partial charge in [0.05, 0.1) is 11.6 Å². The van der Waals surface area contributed by atoms with E-state index >= 15 is 0 Å². The first-order valence-corrected chi connectivity index (χ1v) is 13.0. The third-order valence-corrected chi connectivity index (χ3v) is 7.53. The lowest BCUT2D eigenvalue weighted by atomic mass is 10.1. The van der Waals surface area contributed by atoms with Crippen LogP contribution in [0.5, 0.6) is 0 Å². The fourth-order valence-electron chi connectivity index (χ4n) is 4.54. The second-order valence-corrected chi connectivity index (χ2v) is 9.94. The molecule has 186 valence electrons. The van der Waals surface area contributed by atoms with E-state index in [-0.39, 0.29) is 24.5 Å². The summed E-state index contributed by atoms with van der Waals surface area (Å²) in [6.07, 6.45) is 1.94. The fourth-order valence-corrected chi connectivity index (χ4v) is 5.58. The maximum atomic E-state index is 13.9. The molecule has 2 atom stereocenters. The molecule has 1 aliphatic heterocycles. The molecule has 3 heterocycles. The maximum Gasteiger partial charge on any atom is 0.248 e. The minimum absolute atomic E-state index is 0.0128. The zero-order valence-corrected chi connectivity index (χ0v) is 21.0. The van der Waals surface area contributed by atoms with Crippen molar-refractivity contribution in [1.82, 2.24) is 25.2 Å². The average molecular weight is 504 g/mol. The standard InChI is InChI=1S/C27H29N5O3S/c1-19-13-15-36-26(19)25(27(34)28-16-21-10-7-14-35-21)31(17-20-8-3-2-4-9-20)24(33)18-32-23-12-6-5-11-22(23)29-30-32/h2-6,8-9,11-13,15,21,25H,7,10,14,16-18H2,1H3,(H,28,34)/t21-,25-/m1/s1. The summed E-state index contributed by atoms with van der Waals surface area (Å²) in [4.78, 5) is 30.1. The van der Waals surface area contributed by atoms with Crippen molar-refractivity contribution in [2.75, 3.05) is 13.2 Å². The van der Waals surface area contributed by atoms with Crippen LogP contribution in [0, 0.1) is 6.92 Å². The van der Waals surface area contributed by atoms with Gasteiger partial charge in [0, 0.05) is 24.6 Å². The van der Waals surface area contributed by atoms with Gasteiger partial charge in [-0.05, 0) is 54.5 Å². The number of carbonyl (C=O) groups is 2. The molecule has 2 aromatic carbocycles. The van der Waals surface area contributed by atoms with Crippen LogP contribution >= 0.6 is 11.3 Å². The first-order chi connectivity index (χ1) is 17.6. The van der Waals surface area contributed by atoms with Crippen molar-refractivity contribution in [1.29, 1.82) is 0 Å². The van der Waals surface area contributed by atoms with Gasteiger partial charge in [0.25, 0.3) is 0 Å². The molecular formula is C27H29N5O3S. The zero-order chi connectivity index (χ0) is 24.9. The number of thiophene rings is 1. The Labute approximate surface area is 213 Å². The van der Waals surface area contributed by atoms with Crippen LogP contribution in [0.3, 0.4) is 0 Å². The number of nitrogens with zero attached hydrogens (tertiary/aromatic N) is 4. The Morgan fingerprint density at radius 1 is 1.17 bits per heavy atom. The molecule has 0 saturated carbocycles. The summed E-state index contributed by atoms with van der Waals surface area (Å²) in [5.74, 6) is -0.414. The summed E-state index contributed by atoms with van der Waals surface area (Å²) in [5.41, 5.74) is 3.42. The highest BCUT2D eigenvalue weighted by atomic mass is 32.1. The van der Waals surface area contributed by atoms with E-state index < -0.39 is 6.04 Å². The van der Waals surface area contributed by atoms with Gasteiger partial charge in [-0.25, -0.2) is 4.68 Å². The van der Waals surface area contributed by atoms with E-state index in [1.54, 1.807) is 9.58 Å². The fraction of sp³-hybridized carbons (Fsp3) is 0.333. The molecule has 1 saturated heterocycles. The molecule has 9 heteroatoms. The number of ether oxygens (including phenoxy) is 1. The second kappa shape index (κ2) is 11.0. The van der Waals surface area contributed by atoms with Crippen molar-refractivity contribution in [2.24, 2.45) is 0 Å². The number of aromatic nitrogens is 3. The Bertz CT molecular complexity index is 1330. The smallest absolute Gasteiger partial charge is 0.248 e. The molecule has 0 radical (unpaired) electrons. The van der Waals surface area contributed by atoms with Crippen molar-refractivity contribution in [2.45, 2.75) is 45.0 Å². The molecule has 0 spiro atoms. The Hall–Kier alpha value is -3.56. The van der Waals surface area contributed by atoms with Crippen LogP contribution in [0.4, 0.5) is 0 Å². The van der Waals surface area contributed by atoms with E-state index in [0.29, 0.717) is 13.1 Å². The predicted octanol–water partition coefficient (Wildman–Crippen LogP) is 3.87. The number of hydrogen-bond donors (Lipinski definition) is 1. The maximum absolute atomic E-state index is 13.9. The van der Waals surface area contributed by atoms with Crippen molar-refractivity contribution >= 4 is 34.2 Å². The van der Waals surface area contributed by atoms with Gasteiger partial charge in [0.15, 0.2) is 0 Å². The second-order valence-electron chi connectivity index (χ2n) is 8.99. The molecule has 2 amide bonds. The molecule has 1 aliphatic rings. The first-order valence-electron chi connectivity index (χ1n) is 12.1. The molecule has 5 rings (SSSR count). The minimum Gasteiger partial charge on any atom is -0.376 e. The average Bonchev–Trinajstić information content (AvgIpc) is 3.66. The molecule has 36 heavy (non-hydrogen) atoms. The third kappa shape index (κ3) is 5.32. The van der Waals surface area contributed by atoms with Crippen molar-refractivity contribution in [3.63, 3.8) is 0 Å². The molecule has 8 nitrogen and oxygen atoms in total. The molecule has 0 unspecified atom stereocenters. The number of amides is 2. The highest BCUT2D eigenvalue weighted by Gasteiger charge is 2.34. The Kier molecular flexibility index (Phi) is 7.39. The number of nitrogens with one attached hydrogen (secondary N) is 1.